The minimum Gasteiger partial charge on any atom is -0.382 e. The lowest BCUT2D eigenvalue weighted by Gasteiger charge is -2.12. The smallest absolute Gasteiger partial charge is 0.382 e. The van der Waals surface area contributed by atoms with E-state index in [0.29, 0.717) is 16.9 Å². The lowest BCUT2D eigenvalue weighted by atomic mass is 10.1. The second kappa shape index (κ2) is 7.13. The number of rotatable bonds is 4. The number of anilines is 2. The number of aromatic nitrogens is 1. The van der Waals surface area contributed by atoms with E-state index in [1.807, 2.05) is 16.8 Å². The number of hydrogen-bond acceptors (Lipinski definition) is 5. The van der Waals surface area contributed by atoms with E-state index in [-0.39, 0.29) is 11.5 Å². The van der Waals surface area contributed by atoms with E-state index in [1.165, 1.54) is 17.4 Å². The maximum absolute atomic E-state index is 13.0. The van der Waals surface area contributed by atoms with E-state index >= 15 is 0 Å². The second-order valence-electron chi connectivity index (χ2n) is 6.18. The van der Waals surface area contributed by atoms with Gasteiger partial charge in [-0.3, -0.25) is 0 Å². The molecule has 0 spiro atoms. The number of hydrogen-bond donors (Lipinski definition) is 3. The summed E-state index contributed by atoms with van der Waals surface area (Å²) in [6.07, 6.45) is -4.43. The van der Waals surface area contributed by atoms with Crippen LogP contribution in [0.15, 0.2) is 63.5 Å². The number of thiophene rings is 1. The molecule has 6 nitrogen and oxygen atoms in total. The van der Waals surface area contributed by atoms with Crippen molar-refractivity contribution in [3.8, 4) is 0 Å². The highest BCUT2D eigenvalue weighted by Crippen LogP contribution is 2.35. The molecule has 4 N–H and O–H groups in total. The van der Waals surface area contributed by atoms with Gasteiger partial charge in [0.25, 0.3) is 0 Å². The van der Waals surface area contributed by atoms with Gasteiger partial charge in [-0.15, -0.1) is 5.10 Å². The van der Waals surface area contributed by atoms with Gasteiger partial charge in [0.2, 0.25) is 0 Å². The summed E-state index contributed by atoms with van der Waals surface area (Å²) < 4.78 is 39.0. The standard InChI is InChI=1S/C19H13F3N6S/c20-19(21,22)11-2-1-3-12(7-11)25-18-15-9-29-8-14(15)13-5-4-10(6-16(13)26-18)17(23)27-28-24/h1-9H,(H,25,26)(H3,23,24,27). The Kier molecular flexibility index (Phi) is 4.63. The normalized spacial score (nSPS) is 12.4. The van der Waals surface area contributed by atoms with Crippen molar-refractivity contribution in [3.05, 3.63) is 64.4 Å². The van der Waals surface area contributed by atoms with Crippen LogP contribution in [0.25, 0.3) is 21.7 Å². The Morgan fingerprint density at radius 2 is 1.86 bits per heavy atom. The maximum Gasteiger partial charge on any atom is 0.416 e. The molecule has 2 heterocycles. The van der Waals surface area contributed by atoms with E-state index in [9.17, 15) is 13.2 Å². The van der Waals surface area contributed by atoms with Crippen molar-refractivity contribution in [3.63, 3.8) is 0 Å². The van der Waals surface area contributed by atoms with Crippen molar-refractivity contribution in [2.24, 2.45) is 16.1 Å². The molecule has 0 fully saturated rings. The van der Waals surface area contributed by atoms with Crippen molar-refractivity contribution < 1.29 is 13.2 Å². The molecule has 2 aromatic heterocycles. The molecule has 0 aliphatic carbocycles. The van der Waals surface area contributed by atoms with E-state index in [4.69, 9.17) is 11.3 Å². The second-order valence-corrected chi connectivity index (χ2v) is 6.92. The highest BCUT2D eigenvalue weighted by Gasteiger charge is 2.30. The summed E-state index contributed by atoms with van der Waals surface area (Å²) in [6.45, 7) is 0. The van der Waals surface area contributed by atoms with Crippen molar-refractivity contribution >= 4 is 50.4 Å². The van der Waals surface area contributed by atoms with Crippen molar-refractivity contribution in [1.82, 2.24) is 4.98 Å². The number of pyridine rings is 1. The average Bonchev–Trinajstić information content (AvgIpc) is 3.18. The first-order valence-corrected chi connectivity index (χ1v) is 9.25. The number of nitrogens with one attached hydrogen (secondary N) is 2. The number of amidine groups is 1. The number of fused-ring (bicyclic) bond motifs is 3. The van der Waals surface area contributed by atoms with Crippen molar-refractivity contribution in [1.29, 1.82) is 5.53 Å². The zero-order chi connectivity index (χ0) is 20.6. The van der Waals surface area contributed by atoms with Crippen LogP contribution < -0.4 is 11.1 Å². The van der Waals surface area contributed by atoms with Crippen LogP contribution in [-0.2, 0) is 6.18 Å². The summed E-state index contributed by atoms with van der Waals surface area (Å²) in [4.78, 5) is 4.59. The van der Waals surface area contributed by atoms with E-state index in [0.717, 1.165) is 28.3 Å². The summed E-state index contributed by atoms with van der Waals surface area (Å²) in [6, 6.07) is 10.3. The highest BCUT2D eigenvalue weighted by molar-refractivity contribution is 7.09. The summed E-state index contributed by atoms with van der Waals surface area (Å²) in [5.74, 6) is 0.507. The predicted molar refractivity (Wildman–Crippen MR) is 108 cm³/mol. The molecule has 0 unspecified atom stereocenters. The van der Waals surface area contributed by atoms with E-state index in [1.54, 1.807) is 18.2 Å². The van der Waals surface area contributed by atoms with Gasteiger partial charge in [-0.25, -0.2) is 4.98 Å². The molecule has 0 saturated carbocycles. The van der Waals surface area contributed by atoms with Crippen LogP contribution in [0.4, 0.5) is 24.7 Å². The number of nitrogens with two attached hydrogens (primary N) is 1. The van der Waals surface area contributed by atoms with Crippen LogP contribution in [0, 0.1) is 5.53 Å². The van der Waals surface area contributed by atoms with Gasteiger partial charge in [0.1, 0.15) is 5.82 Å². The molecular weight excluding hydrogens is 401 g/mol. The molecule has 0 atom stereocenters. The van der Waals surface area contributed by atoms with Crippen molar-refractivity contribution in [2.75, 3.05) is 5.32 Å². The van der Waals surface area contributed by atoms with Gasteiger partial charge in [-0.1, -0.05) is 23.4 Å². The van der Waals surface area contributed by atoms with Gasteiger partial charge in [0, 0.05) is 32.8 Å². The minimum atomic E-state index is -4.43. The molecule has 0 aliphatic rings. The average molecular weight is 414 g/mol. The molecule has 146 valence electrons. The van der Waals surface area contributed by atoms with E-state index < -0.39 is 11.7 Å². The molecule has 4 rings (SSSR count). The number of halogens is 3. The summed E-state index contributed by atoms with van der Waals surface area (Å²) in [7, 11) is 0. The number of benzene rings is 2. The lowest BCUT2D eigenvalue weighted by molar-refractivity contribution is -0.137. The molecule has 0 radical (unpaired) electrons. The monoisotopic (exact) mass is 414 g/mol. The molecule has 0 aliphatic heterocycles. The Bertz CT molecular complexity index is 1260. The number of nitrogens with zero attached hydrogens (tertiary/aromatic N) is 3. The zero-order valence-electron chi connectivity index (χ0n) is 14.7. The SMILES string of the molecule is N=N/N=C(\N)c1ccc2c(c1)nc(Nc1cccc(C(F)(F)F)c1)c1cscc12. The van der Waals surface area contributed by atoms with Crippen LogP contribution >= 0.6 is 11.3 Å². The fraction of sp³-hybridized carbons (Fsp3) is 0.0526. The molecule has 0 amide bonds. The molecule has 2 aromatic carbocycles. The first kappa shape index (κ1) is 18.8. The summed E-state index contributed by atoms with van der Waals surface area (Å²) in [5.41, 5.74) is 13.3. The van der Waals surface area contributed by atoms with Crippen LogP contribution in [0.2, 0.25) is 0 Å². The Morgan fingerprint density at radius 3 is 2.62 bits per heavy atom. The lowest BCUT2D eigenvalue weighted by Crippen LogP contribution is -2.12. The molecule has 4 aromatic rings. The minimum absolute atomic E-state index is 0.0708. The molecule has 0 saturated heterocycles. The Balaban J connectivity index is 1.84. The third-order valence-corrected chi connectivity index (χ3v) is 5.09. The Labute approximate surface area is 166 Å². The number of alkyl halides is 3. The predicted octanol–water partition coefficient (Wildman–Crippen LogP) is 5.86. The Hall–Kier alpha value is -3.53. The first-order valence-electron chi connectivity index (χ1n) is 8.31. The van der Waals surface area contributed by atoms with Crippen LogP contribution in [0.1, 0.15) is 11.1 Å². The fourth-order valence-electron chi connectivity index (χ4n) is 3.00. The van der Waals surface area contributed by atoms with Gasteiger partial charge in [-0.2, -0.15) is 30.0 Å². The van der Waals surface area contributed by atoms with Gasteiger partial charge in [0.15, 0.2) is 5.84 Å². The molecule has 0 bridgehead atoms. The first-order chi connectivity index (χ1) is 13.9. The Morgan fingerprint density at radius 1 is 1.07 bits per heavy atom. The van der Waals surface area contributed by atoms with Gasteiger partial charge in [0.05, 0.1) is 11.1 Å². The largest absolute Gasteiger partial charge is 0.416 e. The molecular formula is C19H13F3N6S. The van der Waals surface area contributed by atoms with Gasteiger partial charge < -0.3 is 11.1 Å². The summed E-state index contributed by atoms with van der Waals surface area (Å²) >= 11 is 1.47. The fourth-order valence-corrected chi connectivity index (χ4v) is 3.83. The topological polar surface area (TPSA) is 99.5 Å². The molecule has 10 heteroatoms. The zero-order valence-corrected chi connectivity index (χ0v) is 15.5. The summed E-state index contributed by atoms with van der Waals surface area (Å²) in [5, 5.41) is 15.9. The maximum atomic E-state index is 13.0. The third-order valence-electron chi connectivity index (χ3n) is 4.34. The van der Waals surface area contributed by atoms with Crippen LogP contribution in [-0.4, -0.2) is 10.8 Å². The van der Waals surface area contributed by atoms with Gasteiger partial charge >= 0.3 is 6.18 Å². The van der Waals surface area contributed by atoms with E-state index in [2.05, 4.69) is 20.6 Å². The van der Waals surface area contributed by atoms with Crippen molar-refractivity contribution in [2.45, 2.75) is 6.18 Å². The quantitative estimate of drug-likeness (QED) is 0.169. The highest BCUT2D eigenvalue weighted by atomic mass is 32.1. The molecule has 29 heavy (non-hydrogen) atoms. The third kappa shape index (κ3) is 3.61. The van der Waals surface area contributed by atoms with Gasteiger partial charge in [-0.05, 0) is 29.6 Å². The van der Waals surface area contributed by atoms with Crippen LogP contribution in [0.3, 0.4) is 0 Å². The van der Waals surface area contributed by atoms with Crippen LogP contribution in [0.5, 0.6) is 0 Å².